The van der Waals surface area contributed by atoms with Crippen LogP contribution >= 0.6 is 0 Å². The zero-order chi connectivity index (χ0) is 10.6. The highest BCUT2D eigenvalue weighted by Gasteiger charge is 2.11. The molecule has 0 aliphatic carbocycles. The van der Waals surface area contributed by atoms with Gasteiger partial charge in [-0.1, -0.05) is 24.9 Å². The van der Waals surface area contributed by atoms with Crippen LogP contribution in [0.2, 0.25) is 0 Å². The largest absolute Gasteiger partial charge is 0.490 e. The lowest BCUT2D eigenvalue weighted by Crippen LogP contribution is -2.12. The highest BCUT2D eigenvalue weighted by Crippen LogP contribution is 2.17. The summed E-state index contributed by atoms with van der Waals surface area (Å²) in [7, 11) is 1.52. The topological polar surface area (TPSA) is 9.23 Å². The Balaban J connectivity index is 2.73. The summed E-state index contributed by atoms with van der Waals surface area (Å²) in [5.41, 5.74) is 0.297. The fraction of sp³-hybridized carbons (Fsp3) is 0.400. The Kier molecular flexibility index (Phi) is 3.92. The SMILES string of the molecule is Bc1ccc(OCCCC)c(F)c1F. The number of halogens is 2. The average Bonchev–Trinajstić information content (AvgIpc) is 2.18. The van der Waals surface area contributed by atoms with Crippen LogP contribution in [0.3, 0.4) is 0 Å². The average molecular weight is 198 g/mol. The van der Waals surface area contributed by atoms with E-state index in [4.69, 9.17) is 4.74 Å². The normalized spacial score (nSPS) is 10.2. The summed E-state index contributed by atoms with van der Waals surface area (Å²) in [6, 6.07) is 2.98. The molecule has 0 spiro atoms. The van der Waals surface area contributed by atoms with E-state index in [1.807, 2.05) is 6.92 Å². The van der Waals surface area contributed by atoms with Crippen molar-refractivity contribution in [2.45, 2.75) is 19.8 Å². The van der Waals surface area contributed by atoms with E-state index in [0.29, 0.717) is 12.1 Å². The number of benzene rings is 1. The van der Waals surface area contributed by atoms with Crippen LogP contribution in [0.15, 0.2) is 12.1 Å². The molecule has 0 saturated heterocycles. The first kappa shape index (κ1) is 11.0. The summed E-state index contributed by atoms with van der Waals surface area (Å²) >= 11 is 0. The van der Waals surface area contributed by atoms with Gasteiger partial charge in [-0.15, -0.1) is 0 Å². The van der Waals surface area contributed by atoms with Crippen LogP contribution < -0.4 is 10.2 Å². The second kappa shape index (κ2) is 4.98. The molecule has 0 aromatic heterocycles. The molecule has 0 bridgehead atoms. The van der Waals surface area contributed by atoms with Crippen LogP contribution in [-0.4, -0.2) is 14.5 Å². The fourth-order valence-electron chi connectivity index (χ4n) is 1.07. The predicted molar refractivity (Wildman–Crippen MR) is 54.9 cm³/mol. The molecule has 0 radical (unpaired) electrons. The van der Waals surface area contributed by atoms with Gasteiger partial charge >= 0.3 is 0 Å². The van der Waals surface area contributed by atoms with Crippen LogP contribution in [0.25, 0.3) is 0 Å². The van der Waals surface area contributed by atoms with E-state index in [-0.39, 0.29) is 5.75 Å². The van der Waals surface area contributed by atoms with Crippen molar-refractivity contribution < 1.29 is 13.5 Å². The van der Waals surface area contributed by atoms with Gasteiger partial charge in [-0.2, -0.15) is 4.39 Å². The Bertz CT molecular complexity index is 315. The third-order valence-corrected chi connectivity index (χ3v) is 2.00. The molecule has 76 valence electrons. The molecule has 0 aliphatic heterocycles. The molecule has 0 N–H and O–H groups in total. The minimum atomic E-state index is -0.888. The van der Waals surface area contributed by atoms with Gasteiger partial charge in [0.05, 0.1) is 6.61 Å². The minimum absolute atomic E-state index is 0.00144. The Morgan fingerprint density at radius 3 is 2.64 bits per heavy atom. The van der Waals surface area contributed by atoms with Crippen LogP contribution in [0.5, 0.6) is 5.75 Å². The van der Waals surface area contributed by atoms with Crippen molar-refractivity contribution in [3.8, 4) is 5.75 Å². The van der Waals surface area contributed by atoms with Gasteiger partial charge in [-0.25, -0.2) is 4.39 Å². The Labute approximate surface area is 83.5 Å². The zero-order valence-corrected chi connectivity index (χ0v) is 8.44. The second-order valence-electron chi connectivity index (χ2n) is 3.21. The van der Waals surface area contributed by atoms with E-state index in [0.717, 1.165) is 12.8 Å². The first-order chi connectivity index (χ1) is 6.66. The number of hydrogen-bond acceptors (Lipinski definition) is 1. The molecule has 0 aliphatic rings. The minimum Gasteiger partial charge on any atom is -0.490 e. The van der Waals surface area contributed by atoms with Gasteiger partial charge in [0.2, 0.25) is 0 Å². The summed E-state index contributed by atoms with van der Waals surface area (Å²) in [5.74, 6) is -1.71. The van der Waals surface area contributed by atoms with Gasteiger partial charge < -0.3 is 4.74 Å². The van der Waals surface area contributed by atoms with Gasteiger partial charge in [0.25, 0.3) is 0 Å². The number of ether oxygens (including phenoxy) is 1. The highest BCUT2D eigenvalue weighted by atomic mass is 19.2. The van der Waals surface area contributed by atoms with Gasteiger partial charge in [-0.3, -0.25) is 0 Å². The van der Waals surface area contributed by atoms with E-state index in [9.17, 15) is 8.78 Å². The zero-order valence-electron chi connectivity index (χ0n) is 8.44. The van der Waals surface area contributed by atoms with E-state index in [1.54, 1.807) is 0 Å². The fourth-order valence-corrected chi connectivity index (χ4v) is 1.07. The molecule has 1 rings (SSSR count). The van der Waals surface area contributed by atoms with Crippen LogP contribution in [-0.2, 0) is 0 Å². The summed E-state index contributed by atoms with van der Waals surface area (Å²) in [5, 5.41) is 0. The molecule has 0 atom stereocenters. The molecule has 0 amide bonds. The quantitative estimate of drug-likeness (QED) is 0.524. The lowest BCUT2D eigenvalue weighted by atomic mass is 9.95. The first-order valence-corrected chi connectivity index (χ1v) is 4.74. The number of unbranched alkanes of at least 4 members (excludes halogenated alkanes) is 1. The summed E-state index contributed by atoms with van der Waals surface area (Å²) in [6.07, 6.45) is 1.81. The molecule has 0 unspecified atom stereocenters. The van der Waals surface area contributed by atoms with Gasteiger partial charge in [0.15, 0.2) is 17.4 Å². The lowest BCUT2D eigenvalue weighted by Gasteiger charge is -2.07. The summed E-state index contributed by atoms with van der Waals surface area (Å²) in [4.78, 5) is 0. The third kappa shape index (κ3) is 2.47. The number of hydrogen-bond donors (Lipinski definition) is 0. The molecular weight excluding hydrogens is 185 g/mol. The highest BCUT2D eigenvalue weighted by molar-refractivity contribution is 6.32. The van der Waals surface area contributed by atoms with Crippen molar-refractivity contribution >= 4 is 13.3 Å². The summed E-state index contributed by atoms with van der Waals surface area (Å²) < 4.78 is 31.3. The van der Waals surface area contributed by atoms with E-state index in [2.05, 4.69) is 0 Å². The van der Waals surface area contributed by atoms with E-state index in [1.165, 1.54) is 20.0 Å². The molecule has 1 aromatic carbocycles. The first-order valence-electron chi connectivity index (χ1n) is 4.74. The van der Waals surface area contributed by atoms with Crippen molar-refractivity contribution in [3.05, 3.63) is 23.8 Å². The maximum Gasteiger partial charge on any atom is 0.200 e. The van der Waals surface area contributed by atoms with Gasteiger partial charge in [0.1, 0.15) is 7.85 Å². The molecule has 14 heavy (non-hydrogen) atoms. The molecule has 1 aromatic rings. The third-order valence-electron chi connectivity index (χ3n) is 2.00. The van der Waals surface area contributed by atoms with Gasteiger partial charge in [0, 0.05) is 0 Å². The van der Waals surface area contributed by atoms with Crippen LogP contribution in [0.4, 0.5) is 8.78 Å². The van der Waals surface area contributed by atoms with Crippen molar-refractivity contribution in [1.29, 1.82) is 0 Å². The molecule has 0 saturated carbocycles. The monoisotopic (exact) mass is 198 g/mol. The molecular formula is C10H13BF2O. The summed E-state index contributed by atoms with van der Waals surface area (Å²) in [6.45, 7) is 2.44. The maximum atomic E-state index is 13.2. The molecule has 4 heteroatoms. The van der Waals surface area contributed by atoms with Crippen molar-refractivity contribution in [2.75, 3.05) is 6.61 Å². The van der Waals surface area contributed by atoms with Crippen molar-refractivity contribution in [3.63, 3.8) is 0 Å². The Hall–Kier alpha value is -1.06. The van der Waals surface area contributed by atoms with E-state index >= 15 is 0 Å². The Morgan fingerprint density at radius 1 is 1.29 bits per heavy atom. The Morgan fingerprint density at radius 2 is 2.00 bits per heavy atom. The van der Waals surface area contributed by atoms with Crippen LogP contribution in [0, 0.1) is 11.6 Å². The lowest BCUT2D eigenvalue weighted by molar-refractivity contribution is 0.289. The van der Waals surface area contributed by atoms with Crippen LogP contribution in [0.1, 0.15) is 19.8 Å². The second-order valence-corrected chi connectivity index (χ2v) is 3.21. The molecule has 1 nitrogen and oxygen atoms in total. The molecule has 0 heterocycles. The van der Waals surface area contributed by atoms with Crippen molar-refractivity contribution in [2.24, 2.45) is 0 Å². The molecule has 0 fully saturated rings. The van der Waals surface area contributed by atoms with Gasteiger partial charge in [-0.05, 0) is 12.5 Å². The number of rotatable bonds is 4. The predicted octanol–water partition coefficient (Wildman–Crippen LogP) is 1.40. The van der Waals surface area contributed by atoms with E-state index < -0.39 is 11.6 Å². The standard InChI is InChI=1S/C10H13BF2O/c1-2-3-6-14-8-5-4-7(11)9(12)10(8)13/h4-5H,2-3,6,11H2,1H3. The smallest absolute Gasteiger partial charge is 0.200 e. The maximum absolute atomic E-state index is 13.2. The van der Waals surface area contributed by atoms with Crippen molar-refractivity contribution in [1.82, 2.24) is 0 Å².